The number of hydrogen-bond donors (Lipinski definition) is 11. The van der Waals surface area contributed by atoms with E-state index in [1.807, 2.05) is 349 Å². The van der Waals surface area contributed by atoms with Gasteiger partial charge in [0.2, 0.25) is 0 Å². The Hall–Kier alpha value is -3.38. The third-order valence-corrected chi connectivity index (χ3v) is 9.15. The number of unbranched alkanes of at least 4 members (excludes halogenated alkanes) is 2. The third-order valence-electron chi connectivity index (χ3n) is 7.11. The molecule has 14 nitrogen and oxygen atoms in total. The first-order chi connectivity index (χ1) is 52.6. The van der Waals surface area contributed by atoms with Crippen molar-refractivity contribution < 1.29 is 108 Å². The number of alkyl halides is 2. The summed E-state index contributed by atoms with van der Waals surface area (Å²) < 4.78 is 3.88. The Balaban J connectivity index is -0.0000000210. The molecule has 0 radical (unpaired) electrons. The molecule has 0 fully saturated rings. The maximum Gasteiger partial charge on any atom is 1.00 e. The maximum atomic E-state index is 9.97. The average Bonchev–Trinajstić information content (AvgIpc) is 0.912. The van der Waals surface area contributed by atoms with Crippen LogP contribution in [0.3, 0.4) is 0 Å². The molecule has 696 valence electrons. The van der Waals surface area contributed by atoms with E-state index in [-0.39, 0.29) is 69.8 Å². The van der Waals surface area contributed by atoms with Crippen molar-refractivity contribution in [3.63, 3.8) is 0 Å². The van der Waals surface area contributed by atoms with Crippen LogP contribution in [0.4, 0.5) is 0 Å². The van der Waals surface area contributed by atoms with E-state index >= 15 is 0 Å². The van der Waals surface area contributed by atoms with E-state index in [0.29, 0.717) is 11.6 Å². The van der Waals surface area contributed by atoms with Gasteiger partial charge in [0.25, 0.3) is 0 Å². The third kappa shape index (κ3) is 321. The SMILES string of the molecule is C.C.C.C=Cc1ccc(C=C)cc1.C=Cc1ccccc1.C=Cc1ccccc1.CC.CC.CC.CC.CC.CC.CC.CC.CC.CC.CC.CC.CC.CC.CC.CC.CC(C)(Br)C(=O)O.CC(C)(Br)C(=O)O.CO.CO.CO.CO.CO.CO.CO.CO.OCCCC[CH-]c1ccccc1.[CH2-]CCO[SiH2]C(C)(C)C.[Li+].[Li+]. The summed E-state index contributed by atoms with van der Waals surface area (Å²) in [4.78, 5) is 19.9. The molecule has 0 aliphatic rings. The molecular weight excluding hydrogens is 1570 g/mol. The zero-order valence-electron chi connectivity index (χ0n) is 83.2. The number of carbonyl (C=O) groups is 2. The van der Waals surface area contributed by atoms with Crippen LogP contribution in [-0.4, -0.2) is 157 Å². The van der Waals surface area contributed by atoms with Crippen molar-refractivity contribution in [3.05, 3.63) is 183 Å². The average molecular weight is 1780 g/mol. The van der Waals surface area contributed by atoms with E-state index in [9.17, 15) is 9.59 Å². The Bertz CT molecular complexity index is 1650. The van der Waals surface area contributed by atoms with Crippen LogP contribution >= 0.6 is 31.9 Å². The number of benzene rings is 4. The predicted octanol–water partition coefficient (Wildman–Crippen LogP) is 23.3. The number of carboxylic acid groups (broad SMARTS) is 2. The summed E-state index contributed by atoms with van der Waals surface area (Å²) >= 11 is 5.89. The van der Waals surface area contributed by atoms with E-state index < -0.39 is 20.6 Å². The van der Waals surface area contributed by atoms with Crippen LogP contribution < -0.4 is 37.7 Å². The van der Waals surface area contributed by atoms with Crippen LogP contribution in [0.5, 0.6) is 0 Å². The molecule has 0 unspecified atom stereocenters. The summed E-state index contributed by atoms with van der Waals surface area (Å²) in [6, 6.07) is 38.4. The Kier molecular flexibility index (Phi) is 534. The normalized spacial score (nSPS) is 6.69. The van der Waals surface area contributed by atoms with Gasteiger partial charge in [-0.3, -0.25) is 9.59 Å². The van der Waals surface area contributed by atoms with E-state index in [1.165, 1.54) is 16.7 Å². The van der Waals surface area contributed by atoms with Crippen molar-refractivity contribution in [2.75, 3.05) is 70.1 Å². The standard InChI is InChI=1S/C11H15O.C10H10.2C8H8.C7H17OSi.2C4H7BrO2.16C2H6.8CH4O.3CH4.2Li/c12-10-6-2-5-9-11-7-3-1-4-8-11;1-3-9-5-7-10(4-2)8-6-9;2*1-2-8-6-4-3-5-7-8;1-5-6-8-9-7(2,3)4;2*1-4(2,5)3(6)7;24*1-2;;;;;/h1,3-4,7-9,12H,2,5-6,10H2;3-8H,1-2H2;2*2-7H,1H2;1,5-6,9H2,2-4H3;2*1-2H3,(H,6,7);16*1-2H3;8*2H,1H3;3*1H4;;/q-1;;;;-1;;;;;;;;;;;;;;;;;;;;;;;;;;;;;;2*+1. The van der Waals surface area contributed by atoms with Gasteiger partial charge in [-0.15, -0.1) is 12.1 Å². The number of aliphatic hydroxyl groups is 9. The van der Waals surface area contributed by atoms with Crippen LogP contribution in [0.25, 0.3) is 24.3 Å². The van der Waals surface area contributed by atoms with Gasteiger partial charge in [0, 0.05) is 70.1 Å². The first-order valence-corrected chi connectivity index (χ1v) is 42.5. The van der Waals surface area contributed by atoms with Gasteiger partial charge in [0.15, 0.2) is 9.76 Å². The largest absolute Gasteiger partial charge is 1.00 e. The zero-order valence-corrected chi connectivity index (χ0v) is 87.8. The second-order valence-electron chi connectivity index (χ2n) is 15.2. The fourth-order valence-electron chi connectivity index (χ4n) is 3.54. The molecule has 0 saturated heterocycles. The molecule has 4 aromatic rings. The molecule has 0 aromatic heterocycles. The molecule has 0 atom stereocenters. The van der Waals surface area contributed by atoms with Gasteiger partial charge in [0.05, 0.1) is 0 Å². The first kappa shape index (κ1) is 215. The van der Waals surface area contributed by atoms with Crippen LogP contribution in [0.2, 0.25) is 5.04 Å². The van der Waals surface area contributed by atoms with Crippen molar-refractivity contribution in [1.82, 2.24) is 0 Å². The van der Waals surface area contributed by atoms with Crippen LogP contribution in [0, 0.1) is 13.3 Å². The minimum atomic E-state index is -0.840. The molecular formula is C95H212Br2Li2O14Si. The van der Waals surface area contributed by atoms with E-state index in [4.69, 9.17) is 60.6 Å². The number of aliphatic carboxylic acids is 2. The molecule has 114 heavy (non-hydrogen) atoms. The van der Waals surface area contributed by atoms with Crippen molar-refractivity contribution in [2.24, 2.45) is 0 Å². The molecule has 0 amide bonds. The monoisotopic (exact) mass is 1780 g/mol. The number of halogens is 2. The van der Waals surface area contributed by atoms with Gasteiger partial charge in [-0.25, -0.2) is 0 Å². The van der Waals surface area contributed by atoms with Gasteiger partial charge in [-0.1, -0.05) is 451 Å². The second-order valence-corrected chi connectivity index (χ2v) is 21.9. The van der Waals surface area contributed by atoms with E-state index in [1.54, 1.807) is 27.7 Å². The fraction of sp³-hybridized carbons (Fsp3) is 0.621. The smallest absolute Gasteiger partial charge is 0.480 e. The van der Waals surface area contributed by atoms with Crippen molar-refractivity contribution in [3.8, 4) is 0 Å². The molecule has 0 aliphatic carbocycles. The second kappa shape index (κ2) is 283. The van der Waals surface area contributed by atoms with Crippen LogP contribution in [-0.2, 0) is 14.0 Å². The Morgan fingerprint density at radius 3 is 0.667 bits per heavy atom. The van der Waals surface area contributed by atoms with E-state index in [2.05, 4.69) is 104 Å². The first-order valence-electron chi connectivity index (χ1n) is 39.6. The van der Waals surface area contributed by atoms with Crippen molar-refractivity contribution >= 4 is 77.9 Å². The summed E-state index contributed by atoms with van der Waals surface area (Å²) in [6.07, 6.45) is 13.5. The fourth-order valence-corrected chi connectivity index (χ4v) is 4.50. The summed E-state index contributed by atoms with van der Waals surface area (Å²) in [5.41, 5.74) is 5.91. The molecule has 0 bridgehead atoms. The van der Waals surface area contributed by atoms with E-state index in [0.717, 1.165) is 100 Å². The van der Waals surface area contributed by atoms with Gasteiger partial charge < -0.3 is 67.5 Å². The summed E-state index contributed by atoms with van der Waals surface area (Å²) in [5.74, 6) is -1.68. The minimum absolute atomic E-state index is 0. The molecule has 4 aromatic carbocycles. The van der Waals surface area contributed by atoms with Gasteiger partial charge in [-0.05, 0) is 61.4 Å². The minimum Gasteiger partial charge on any atom is -0.480 e. The maximum absolute atomic E-state index is 9.97. The van der Waals surface area contributed by atoms with Crippen LogP contribution in [0.15, 0.2) is 142 Å². The van der Waals surface area contributed by atoms with Crippen molar-refractivity contribution in [1.29, 1.82) is 0 Å². The summed E-state index contributed by atoms with van der Waals surface area (Å²) in [6.45, 7) is 96.4. The van der Waals surface area contributed by atoms with Gasteiger partial charge in [-0.2, -0.15) is 30.5 Å². The Morgan fingerprint density at radius 2 is 0.535 bits per heavy atom. The number of carboxylic acids is 2. The predicted molar refractivity (Wildman–Crippen MR) is 543 cm³/mol. The van der Waals surface area contributed by atoms with Crippen LogP contribution in [0.1, 0.15) is 346 Å². The molecule has 0 aliphatic heterocycles. The van der Waals surface area contributed by atoms with Crippen molar-refractivity contribution in [2.45, 2.75) is 332 Å². The quantitative estimate of drug-likeness (QED) is 0.0243. The molecule has 0 spiro atoms. The number of rotatable bonds is 14. The molecule has 19 heteroatoms. The molecule has 11 N–H and O–H groups in total. The number of aliphatic hydroxyl groups excluding tert-OH is 9. The molecule has 4 rings (SSSR count). The zero-order chi connectivity index (χ0) is 95.2. The van der Waals surface area contributed by atoms with Gasteiger partial charge in [0.1, 0.15) is 8.65 Å². The number of hydrogen-bond acceptors (Lipinski definition) is 12. The molecule has 0 saturated carbocycles. The summed E-state index contributed by atoms with van der Waals surface area (Å²) in [7, 11) is 7.70. The summed E-state index contributed by atoms with van der Waals surface area (Å²) in [5, 5.41) is 81.4. The topological polar surface area (TPSA) is 266 Å². The Morgan fingerprint density at radius 1 is 0.368 bits per heavy atom. The molecule has 0 heterocycles. The van der Waals surface area contributed by atoms with Gasteiger partial charge >= 0.3 is 49.7 Å². The Labute approximate surface area is 764 Å².